The lowest BCUT2D eigenvalue weighted by Gasteiger charge is -2.28. The molecule has 0 bridgehead atoms. The number of hydrogen-bond donors (Lipinski definition) is 1. The van der Waals surface area contributed by atoms with Gasteiger partial charge >= 0.3 is 0 Å². The molecule has 1 aromatic carbocycles. The van der Waals surface area contributed by atoms with Crippen LogP contribution in [-0.4, -0.2) is 13.7 Å². The van der Waals surface area contributed by atoms with Crippen LogP contribution in [0.2, 0.25) is 0 Å². The lowest BCUT2D eigenvalue weighted by Crippen LogP contribution is -2.27. The van der Waals surface area contributed by atoms with Gasteiger partial charge in [-0.3, -0.25) is 0 Å². The molecular weight excluding hydrogens is 258 g/mol. The van der Waals surface area contributed by atoms with Gasteiger partial charge in [0.15, 0.2) is 9.84 Å². The summed E-state index contributed by atoms with van der Waals surface area (Å²) in [6, 6.07) is 5.17. The minimum atomic E-state index is -3.23. The first-order valence-corrected chi connectivity index (χ1v) is 8.60. The fourth-order valence-corrected chi connectivity index (χ4v) is 5.03. The monoisotopic (exact) mass is 281 g/mol. The molecule has 1 saturated carbocycles. The third-order valence-corrected chi connectivity index (χ3v) is 6.85. The number of hydrogen-bond acceptors (Lipinski definition) is 3. The molecule has 0 unspecified atom stereocenters. The summed E-state index contributed by atoms with van der Waals surface area (Å²) in [6.45, 7) is 3.97. The molecule has 1 aliphatic rings. The van der Waals surface area contributed by atoms with Crippen LogP contribution in [0.1, 0.15) is 44.6 Å². The predicted octanol–water partition coefficient (Wildman–Crippen LogP) is 3.32. The average molecular weight is 281 g/mol. The van der Waals surface area contributed by atoms with Crippen molar-refractivity contribution in [2.24, 2.45) is 5.92 Å². The number of anilines is 1. The molecule has 0 atom stereocenters. The summed E-state index contributed by atoms with van der Waals surface area (Å²) in [5.74, 6) is 0.702. The zero-order valence-electron chi connectivity index (χ0n) is 11.7. The van der Waals surface area contributed by atoms with E-state index in [9.17, 15) is 8.42 Å². The Labute approximate surface area is 116 Å². The first-order chi connectivity index (χ1) is 8.96. The molecule has 0 radical (unpaired) electrons. The summed E-state index contributed by atoms with van der Waals surface area (Å²) in [7, 11) is -3.23. The molecule has 0 amide bonds. The highest BCUT2D eigenvalue weighted by Gasteiger charge is 2.32. The van der Waals surface area contributed by atoms with Crippen LogP contribution in [-0.2, 0) is 9.84 Å². The van der Waals surface area contributed by atoms with Crippen LogP contribution in [0.15, 0.2) is 23.1 Å². The molecule has 19 heavy (non-hydrogen) atoms. The number of rotatable bonds is 3. The van der Waals surface area contributed by atoms with Crippen LogP contribution < -0.4 is 5.73 Å². The Bertz CT molecular complexity index is 543. The minimum Gasteiger partial charge on any atom is -0.398 e. The van der Waals surface area contributed by atoms with Crippen LogP contribution in [0.5, 0.6) is 0 Å². The lowest BCUT2D eigenvalue weighted by atomic mass is 9.87. The highest BCUT2D eigenvalue weighted by atomic mass is 32.2. The largest absolute Gasteiger partial charge is 0.398 e. The van der Waals surface area contributed by atoms with E-state index in [4.69, 9.17) is 5.73 Å². The van der Waals surface area contributed by atoms with Crippen LogP contribution >= 0.6 is 0 Å². The van der Waals surface area contributed by atoms with Crippen molar-refractivity contribution in [2.45, 2.75) is 56.1 Å². The van der Waals surface area contributed by atoms with E-state index in [2.05, 4.69) is 6.92 Å². The Kier molecular flexibility index (Phi) is 4.19. The maximum atomic E-state index is 12.7. The van der Waals surface area contributed by atoms with E-state index in [0.29, 0.717) is 22.1 Å². The van der Waals surface area contributed by atoms with Crippen molar-refractivity contribution < 1.29 is 8.42 Å². The van der Waals surface area contributed by atoms with E-state index >= 15 is 0 Å². The summed E-state index contributed by atoms with van der Waals surface area (Å²) in [6.07, 6.45) is 4.79. The number of benzene rings is 1. The van der Waals surface area contributed by atoms with Crippen molar-refractivity contribution in [3.05, 3.63) is 23.8 Å². The average Bonchev–Trinajstić information content (AvgIpc) is 2.41. The SMILES string of the molecule is CCC1CCC(S(=O)(=O)c2cccc(N)c2C)CC1. The molecule has 2 rings (SSSR count). The lowest BCUT2D eigenvalue weighted by molar-refractivity contribution is 0.348. The van der Waals surface area contributed by atoms with Gasteiger partial charge in [-0.1, -0.05) is 19.4 Å². The van der Waals surface area contributed by atoms with Gasteiger partial charge in [-0.2, -0.15) is 0 Å². The van der Waals surface area contributed by atoms with Gasteiger partial charge in [-0.05, 0) is 56.2 Å². The van der Waals surface area contributed by atoms with Crippen molar-refractivity contribution in [1.82, 2.24) is 0 Å². The molecule has 0 heterocycles. The molecular formula is C15H23NO2S. The number of sulfone groups is 1. The normalized spacial score (nSPS) is 24.3. The maximum absolute atomic E-state index is 12.7. The minimum absolute atomic E-state index is 0.226. The van der Waals surface area contributed by atoms with Crippen LogP contribution in [0.25, 0.3) is 0 Å². The maximum Gasteiger partial charge on any atom is 0.181 e. The predicted molar refractivity (Wildman–Crippen MR) is 78.8 cm³/mol. The molecule has 0 saturated heterocycles. The van der Waals surface area contributed by atoms with E-state index in [1.54, 1.807) is 25.1 Å². The third kappa shape index (κ3) is 2.78. The van der Waals surface area contributed by atoms with Crippen molar-refractivity contribution in [1.29, 1.82) is 0 Å². The van der Waals surface area contributed by atoms with Crippen LogP contribution in [0.4, 0.5) is 5.69 Å². The Balaban J connectivity index is 2.26. The van der Waals surface area contributed by atoms with Crippen LogP contribution in [0, 0.1) is 12.8 Å². The van der Waals surface area contributed by atoms with Crippen molar-refractivity contribution in [2.75, 3.05) is 5.73 Å². The smallest absolute Gasteiger partial charge is 0.181 e. The fraction of sp³-hybridized carbons (Fsp3) is 0.600. The Hall–Kier alpha value is -1.03. The van der Waals surface area contributed by atoms with Gasteiger partial charge in [0.2, 0.25) is 0 Å². The summed E-state index contributed by atoms with van der Waals surface area (Å²) in [5.41, 5.74) is 7.08. The zero-order valence-corrected chi connectivity index (χ0v) is 12.5. The van der Waals surface area contributed by atoms with Gasteiger partial charge in [0.1, 0.15) is 0 Å². The Morgan fingerprint density at radius 2 is 1.84 bits per heavy atom. The fourth-order valence-electron chi connectivity index (χ4n) is 2.97. The van der Waals surface area contributed by atoms with E-state index in [1.807, 2.05) is 0 Å². The molecule has 4 heteroatoms. The highest BCUT2D eigenvalue weighted by Crippen LogP contribution is 2.34. The summed E-state index contributed by atoms with van der Waals surface area (Å²) >= 11 is 0. The molecule has 0 aliphatic heterocycles. The molecule has 1 fully saturated rings. The summed E-state index contributed by atoms with van der Waals surface area (Å²) in [5, 5.41) is -0.226. The summed E-state index contributed by atoms with van der Waals surface area (Å²) in [4.78, 5) is 0.424. The molecule has 0 spiro atoms. The van der Waals surface area contributed by atoms with Gasteiger partial charge in [-0.25, -0.2) is 8.42 Å². The van der Waals surface area contributed by atoms with Gasteiger partial charge in [0.25, 0.3) is 0 Å². The Morgan fingerprint density at radius 3 is 2.42 bits per heavy atom. The summed E-state index contributed by atoms with van der Waals surface area (Å²) < 4.78 is 25.4. The second-order valence-corrected chi connectivity index (χ2v) is 7.76. The zero-order chi connectivity index (χ0) is 14.0. The molecule has 3 nitrogen and oxygen atoms in total. The van der Waals surface area contributed by atoms with Crippen molar-refractivity contribution in [3.8, 4) is 0 Å². The number of nitrogen functional groups attached to an aromatic ring is 1. The highest BCUT2D eigenvalue weighted by molar-refractivity contribution is 7.92. The van der Waals surface area contributed by atoms with Gasteiger partial charge in [-0.15, -0.1) is 0 Å². The molecule has 0 aromatic heterocycles. The molecule has 1 aromatic rings. The third-order valence-electron chi connectivity index (χ3n) is 4.44. The van der Waals surface area contributed by atoms with E-state index in [0.717, 1.165) is 32.1 Å². The first-order valence-electron chi connectivity index (χ1n) is 7.05. The van der Waals surface area contributed by atoms with Gasteiger partial charge < -0.3 is 5.73 Å². The molecule has 1 aliphatic carbocycles. The van der Waals surface area contributed by atoms with E-state index in [-0.39, 0.29) is 5.25 Å². The van der Waals surface area contributed by atoms with Gasteiger partial charge in [0.05, 0.1) is 10.1 Å². The second-order valence-electron chi connectivity index (χ2n) is 5.57. The van der Waals surface area contributed by atoms with Crippen molar-refractivity contribution in [3.63, 3.8) is 0 Å². The number of nitrogens with two attached hydrogens (primary N) is 1. The first kappa shape index (κ1) is 14.4. The van der Waals surface area contributed by atoms with Gasteiger partial charge in [0, 0.05) is 5.69 Å². The standard InChI is InChI=1S/C15H23NO2S/c1-3-12-7-9-13(10-8-12)19(17,18)15-6-4-5-14(16)11(15)2/h4-6,12-13H,3,7-10,16H2,1-2H3. The topological polar surface area (TPSA) is 60.2 Å². The quantitative estimate of drug-likeness (QED) is 0.865. The van der Waals surface area contributed by atoms with Crippen molar-refractivity contribution >= 4 is 15.5 Å². The van der Waals surface area contributed by atoms with E-state index < -0.39 is 9.84 Å². The second kappa shape index (κ2) is 5.53. The van der Waals surface area contributed by atoms with E-state index in [1.165, 1.54) is 0 Å². The van der Waals surface area contributed by atoms with Crippen LogP contribution in [0.3, 0.4) is 0 Å². The molecule has 106 valence electrons. The molecule has 2 N–H and O–H groups in total. The Morgan fingerprint density at radius 1 is 1.21 bits per heavy atom.